The molecule has 3 heteroatoms. The van der Waals surface area contributed by atoms with Gasteiger partial charge in [0, 0.05) is 16.2 Å². The van der Waals surface area contributed by atoms with Crippen LogP contribution in [0.5, 0.6) is 0 Å². The third-order valence-electron chi connectivity index (χ3n) is 13.4. The Balaban J connectivity index is 1.20. The Morgan fingerprint density at radius 2 is 0.918 bits per heavy atom. The zero-order chi connectivity index (χ0) is 41.7. The van der Waals surface area contributed by atoms with E-state index in [1.807, 2.05) is 0 Å². The molecule has 0 unspecified atom stereocenters. The van der Waals surface area contributed by atoms with E-state index in [4.69, 9.17) is 8.83 Å². The van der Waals surface area contributed by atoms with Crippen molar-refractivity contribution in [1.29, 1.82) is 0 Å². The molecule has 0 aliphatic carbocycles. The van der Waals surface area contributed by atoms with Crippen molar-refractivity contribution in [2.75, 3.05) is 4.90 Å². The topological polar surface area (TPSA) is 29.5 Å². The molecule has 0 saturated heterocycles. The number of hydrogen-bond acceptors (Lipinski definition) is 3. The summed E-state index contributed by atoms with van der Waals surface area (Å²) >= 11 is 0. The molecule has 0 fully saturated rings. The number of hydrogen-bond donors (Lipinski definition) is 0. The standard InChI is InChI=1S/C58H63NO2/c1-5-7-9-11-13-15-23-41(24-16-14-12-10-8-6-2)43-34-36-49-56(39-43)61-54-32-22-30-51(58(49)54)59(52-37-44-25-17-18-26-45(44)46-27-19-20-28-47(46)52)50-29-21-31-53-57(50)48-35-33-42(40(3)4)38-55(48)60-53/h17-22,25-41H,5-16,23-24H2,1-4H3. The average molecular weight is 806 g/mol. The summed E-state index contributed by atoms with van der Waals surface area (Å²) in [6, 6.07) is 47.1. The molecule has 0 N–H and O–H groups in total. The summed E-state index contributed by atoms with van der Waals surface area (Å²) in [6.07, 6.45) is 18.5. The Hall–Kier alpha value is -5.54. The van der Waals surface area contributed by atoms with Crippen LogP contribution in [0.25, 0.3) is 65.4 Å². The van der Waals surface area contributed by atoms with Crippen LogP contribution in [0.1, 0.15) is 141 Å². The molecule has 61 heavy (non-hydrogen) atoms. The average Bonchev–Trinajstić information content (AvgIpc) is 3.86. The monoisotopic (exact) mass is 805 g/mol. The van der Waals surface area contributed by atoms with Crippen molar-refractivity contribution in [3.63, 3.8) is 0 Å². The Bertz CT molecular complexity index is 2890. The molecule has 0 atom stereocenters. The molecule has 0 amide bonds. The molecular formula is C58H63NO2. The van der Waals surface area contributed by atoms with Gasteiger partial charge in [0.15, 0.2) is 0 Å². The van der Waals surface area contributed by atoms with E-state index >= 15 is 0 Å². The molecule has 2 heterocycles. The van der Waals surface area contributed by atoms with Gasteiger partial charge in [0.2, 0.25) is 0 Å². The molecule has 0 aliphatic rings. The van der Waals surface area contributed by atoms with E-state index in [2.05, 4.69) is 160 Å². The summed E-state index contributed by atoms with van der Waals surface area (Å²) < 4.78 is 13.6. The lowest BCUT2D eigenvalue weighted by molar-refractivity contribution is 0.486. The first kappa shape index (κ1) is 40.8. The van der Waals surface area contributed by atoms with Crippen LogP contribution in [-0.4, -0.2) is 0 Å². The predicted octanol–water partition coefficient (Wildman–Crippen LogP) is 19.0. The number of rotatable bonds is 19. The van der Waals surface area contributed by atoms with Crippen LogP contribution in [-0.2, 0) is 0 Å². The Labute approximate surface area is 362 Å². The second kappa shape index (κ2) is 18.6. The van der Waals surface area contributed by atoms with Gasteiger partial charge in [-0.05, 0) is 94.4 Å². The largest absolute Gasteiger partial charge is 0.456 e. The highest BCUT2D eigenvalue weighted by atomic mass is 16.3. The van der Waals surface area contributed by atoms with Gasteiger partial charge in [-0.1, -0.05) is 190 Å². The zero-order valence-corrected chi connectivity index (χ0v) is 36.9. The van der Waals surface area contributed by atoms with E-state index in [1.165, 1.54) is 123 Å². The van der Waals surface area contributed by atoms with Gasteiger partial charge in [0.05, 0.1) is 27.8 Å². The third kappa shape index (κ3) is 8.29. The lowest BCUT2D eigenvalue weighted by atomic mass is 9.87. The number of unbranched alkanes of at least 4 members (excludes halogenated alkanes) is 10. The summed E-state index contributed by atoms with van der Waals surface area (Å²) in [5.41, 5.74) is 9.73. The minimum atomic E-state index is 0.409. The molecule has 0 bridgehead atoms. The van der Waals surface area contributed by atoms with Crippen LogP contribution in [0.3, 0.4) is 0 Å². The Kier molecular flexibility index (Phi) is 12.5. The first-order chi connectivity index (χ1) is 30.0. The van der Waals surface area contributed by atoms with Crippen molar-refractivity contribution >= 4 is 82.5 Å². The summed E-state index contributed by atoms with van der Waals surface area (Å²) in [5.74, 6) is 0.962. The molecular weight excluding hydrogens is 743 g/mol. The minimum absolute atomic E-state index is 0.409. The molecule has 9 aromatic rings. The normalized spacial score (nSPS) is 12.2. The van der Waals surface area contributed by atoms with Gasteiger partial charge in [0.25, 0.3) is 0 Å². The maximum Gasteiger partial charge on any atom is 0.137 e. The fraction of sp³-hybridized carbons (Fsp3) is 0.345. The molecule has 0 radical (unpaired) electrons. The molecule has 0 saturated carbocycles. The van der Waals surface area contributed by atoms with Crippen molar-refractivity contribution in [1.82, 2.24) is 0 Å². The van der Waals surface area contributed by atoms with Gasteiger partial charge in [0.1, 0.15) is 22.3 Å². The van der Waals surface area contributed by atoms with Crippen LogP contribution in [0.15, 0.2) is 136 Å². The summed E-state index contributed by atoms with van der Waals surface area (Å²) in [6.45, 7) is 9.10. The van der Waals surface area contributed by atoms with Crippen LogP contribution in [0.2, 0.25) is 0 Å². The first-order valence-corrected chi connectivity index (χ1v) is 23.6. The summed E-state index contributed by atoms with van der Waals surface area (Å²) in [7, 11) is 0. The van der Waals surface area contributed by atoms with Gasteiger partial charge < -0.3 is 13.7 Å². The lowest BCUT2D eigenvalue weighted by Gasteiger charge is -2.29. The maximum absolute atomic E-state index is 6.94. The number of nitrogens with zero attached hydrogens (tertiary/aromatic N) is 1. The van der Waals surface area contributed by atoms with Crippen molar-refractivity contribution in [2.24, 2.45) is 0 Å². The third-order valence-corrected chi connectivity index (χ3v) is 13.4. The Morgan fingerprint density at radius 1 is 0.410 bits per heavy atom. The summed E-state index contributed by atoms with van der Waals surface area (Å²) in [5, 5.41) is 9.44. The molecule has 0 aliphatic heterocycles. The molecule has 312 valence electrons. The highest BCUT2D eigenvalue weighted by Gasteiger charge is 2.26. The molecule has 7 aromatic carbocycles. The number of fused-ring (bicyclic) bond motifs is 9. The van der Waals surface area contributed by atoms with Crippen molar-refractivity contribution in [2.45, 2.75) is 129 Å². The molecule has 9 rings (SSSR count). The van der Waals surface area contributed by atoms with E-state index in [0.717, 1.165) is 60.9 Å². The number of anilines is 3. The fourth-order valence-electron chi connectivity index (χ4n) is 10.1. The highest BCUT2D eigenvalue weighted by molar-refractivity contribution is 6.21. The SMILES string of the molecule is CCCCCCCCC(CCCCCCCC)c1ccc2c(c1)oc1cccc(N(c3cc4ccccc4c4ccccc34)c3cccc4oc5cc(C(C)C)ccc5c34)c12. The van der Waals surface area contributed by atoms with E-state index in [0.29, 0.717) is 11.8 Å². The molecule has 2 aromatic heterocycles. The number of benzene rings is 7. The zero-order valence-electron chi connectivity index (χ0n) is 36.9. The smallest absolute Gasteiger partial charge is 0.137 e. The maximum atomic E-state index is 6.94. The fourth-order valence-corrected chi connectivity index (χ4v) is 10.1. The van der Waals surface area contributed by atoms with E-state index < -0.39 is 0 Å². The van der Waals surface area contributed by atoms with Crippen molar-refractivity contribution in [3.8, 4) is 0 Å². The van der Waals surface area contributed by atoms with Gasteiger partial charge >= 0.3 is 0 Å². The van der Waals surface area contributed by atoms with Gasteiger partial charge in [-0.2, -0.15) is 0 Å². The van der Waals surface area contributed by atoms with Crippen LogP contribution >= 0.6 is 0 Å². The van der Waals surface area contributed by atoms with Gasteiger partial charge in [-0.3, -0.25) is 0 Å². The minimum Gasteiger partial charge on any atom is -0.456 e. The van der Waals surface area contributed by atoms with Crippen LogP contribution in [0.4, 0.5) is 17.1 Å². The second-order valence-electron chi connectivity index (χ2n) is 18.0. The summed E-state index contributed by atoms with van der Waals surface area (Å²) in [4.78, 5) is 2.49. The number of furan rings is 2. The quantitative estimate of drug-likeness (QED) is 0.0602. The molecule has 3 nitrogen and oxygen atoms in total. The van der Waals surface area contributed by atoms with E-state index in [9.17, 15) is 0 Å². The van der Waals surface area contributed by atoms with Crippen LogP contribution < -0.4 is 4.90 Å². The highest BCUT2D eigenvalue weighted by Crippen LogP contribution is 2.50. The van der Waals surface area contributed by atoms with Crippen molar-refractivity contribution in [3.05, 3.63) is 139 Å². The van der Waals surface area contributed by atoms with Gasteiger partial charge in [-0.15, -0.1) is 0 Å². The molecule has 0 spiro atoms. The Morgan fingerprint density at radius 3 is 1.51 bits per heavy atom. The van der Waals surface area contributed by atoms with Crippen LogP contribution in [0, 0.1) is 0 Å². The lowest BCUT2D eigenvalue weighted by Crippen LogP contribution is -2.11. The van der Waals surface area contributed by atoms with E-state index in [1.54, 1.807) is 0 Å². The first-order valence-electron chi connectivity index (χ1n) is 23.6. The van der Waals surface area contributed by atoms with Crippen molar-refractivity contribution < 1.29 is 8.83 Å². The van der Waals surface area contributed by atoms with E-state index in [-0.39, 0.29) is 0 Å². The predicted molar refractivity (Wildman–Crippen MR) is 264 cm³/mol. The van der Waals surface area contributed by atoms with Gasteiger partial charge in [-0.25, -0.2) is 0 Å². The second-order valence-corrected chi connectivity index (χ2v) is 18.0.